The monoisotopic (exact) mass is 459 g/mol. The lowest BCUT2D eigenvalue weighted by atomic mass is 10.00. The number of amides is 1. The molecule has 3 rings (SSSR count). The molecule has 2 aromatic rings. The van der Waals surface area contributed by atoms with E-state index < -0.39 is 17.9 Å². The molecule has 1 heterocycles. The molecule has 2 N–H and O–H groups in total. The molecular weight excluding hydrogens is 428 g/mol. The maximum Gasteiger partial charge on any atom is 0.310 e. The number of carbonyl (C=O) groups is 2. The highest BCUT2D eigenvalue weighted by Gasteiger charge is 2.16. The molecule has 8 heteroatoms. The Morgan fingerprint density at radius 3 is 2.52 bits per heavy atom. The van der Waals surface area contributed by atoms with Crippen molar-refractivity contribution in [2.45, 2.75) is 39.3 Å². The number of hydrogen-bond acceptors (Lipinski definition) is 5. The number of halogens is 2. The average molecular weight is 460 g/mol. The fraction of sp³-hybridized carbons (Fsp3) is 0.440. The number of carbonyl (C=O) groups excluding carboxylic acids is 2. The van der Waals surface area contributed by atoms with E-state index >= 15 is 0 Å². The van der Waals surface area contributed by atoms with Gasteiger partial charge >= 0.3 is 5.97 Å². The van der Waals surface area contributed by atoms with Crippen molar-refractivity contribution in [1.82, 2.24) is 15.5 Å². The van der Waals surface area contributed by atoms with E-state index in [1.165, 1.54) is 19.1 Å². The Labute approximate surface area is 193 Å². The van der Waals surface area contributed by atoms with E-state index in [1.54, 1.807) is 24.3 Å². The SMILES string of the molecule is CC[C@H](CNC(C)=O)OC(=O)Cc1ccc(-c2ccc(CN3CCNCC3)c(F)c2)c(F)c1. The van der Waals surface area contributed by atoms with Gasteiger partial charge in [-0.2, -0.15) is 0 Å². The minimum absolute atomic E-state index is 0.0915. The van der Waals surface area contributed by atoms with Gasteiger partial charge in [0.05, 0.1) is 13.0 Å². The van der Waals surface area contributed by atoms with Crippen molar-refractivity contribution in [2.75, 3.05) is 32.7 Å². The zero-order valence-electron chi connectivity index (χ0n) is 19.1. The largest absolute Gasteiger partial charge is 0.460 e. The first-order valence-corrected chi connectivity index (χ1v) is 11.3. The summed E-state index contributed by atoms with van der Waals surface area (Å²) in [6.07, 6.45) is 0.0228. The number of rotatable bonds is 9. The van der Waals surface area contributed by atoms with Gasteiger partial charge in [0, 0.05) is 50.8 Å². The van der Waals surface area contributed by atoms with Crippen LogP contribution < -0.4 is 10.6 Å². The van der Waals surface area contributed by atoms with E-state index in [0.717, 1.165) is 26.2 Å². The second-order valence-corrected chi connectivity index (χ2v) is 8.28. The lowest BCUT2D eigenvalue weighted by Crippen LogP contribution is -2.43. The van der Waals surface area contributed by atoms with Crippen LogP contribution in [0.2, 0.25) is 0 Å². The van der Waals surface area contributed by atoms with Crippen LogP contribution in [0.3, 0.4) is 0 Å². The lowest BCUT2D eigenvalue weighted by molar-refractivity contribution is -0.148. The number of hydrogen-bond donors (Lipinski definition) is 2. The zero-order chi connectivity index (χ0) is 23.8. The van der Waals surface area contributed by atoms with Crippen molar-refractivity contribution < 1.29 is 23.1 Å². The van der Waals surface area contributed by atoms with Gasteiger partial charge in [-0.05, 0) is 29.7 Å². The predicted octanol–water partition coefficient (Wildman–Crippen LogP) is 3.04. The van der Waals surface area contributed by atoms with Gasteiger partial charge in [0.1, 0.15) is 17.7 Å². The number of ether oxygens (including phenoxy) is 1. The molecule has 33 heavy (non-hydrogen) atoms. The van der Waals surface area contributed by atoms with Crippen LogP contribution in [0, 0.1) is 11.6 Å². The first kappa shape index (κ1) is 24.8. The fourth-order valence-electron chi connectivity index (χ4n) is 3.78. The minimum Gasteiger partial charge on any atom is -0.460 e. The summed E-state index contributed by atoms with van der Waals surface area (Å²) < 4.78 is 34.8. The smallest absolute Gasteiger partial charge is 0.310 e. The summed E-state index contributed by atoms with van der Waals surface area (Å²) in [5.41, 5.74) is 1.78. The van der Waals surface area contributed by atoms with Gasteiger partial charge in [-0.25, -0.2) is 8.78 Å². The first-order valence-electron chi connectivity index (χ1n) is 11.3. The standard InChI is InChI=1S/C25H31F2N3O3/c1-3-21(15-29-17(2)31)33-25(32)13-18-4-7-22(24(27)12-18)19-5-6-20(23(26)14-19)16-30-10-8-28-9-11-30/h4-7,12,14,21,28H,3,8-11,13,15-16H2,1-2H3,(H,29,31)/t21-/m1/s1. The van der Waals surface area contributed by atoms with Crippen LogP contribution in [0.15, 0.2) is 36.4 Å². The summed E-state index contributed by atoms with van der Waals surface area (Å²) in [5.74, 6) is -1.58. The molecule has 6 nitrogen and oxygen atoms in total. The number of piperazine rings is 1. The molecule has 178 valence electrons. The molecule has 1 atom stereocenters. The Hall–Kier alpha value is -2.84. The van der Waals surface area contributed by atoms with Crippen molar-refractivity contribution in [3.8, 4) is 11.1 Å². The summed E-state index contributed by atoms with van der Waals surface area (Å²) in [5, 5.41) is 5.89. The zero-order valence-corrected chi connectivity index (χ0v) is 19.1. The van der Waals surface area contributed by atoms with Crippen molar-refractivity contribution in [3.05, 3.63) is 59.2 Å². The molecule has 0 unspecified atom stereocenters. The van der Waals surface area contributed by atoms with Crippen molar-refractivity contribution in [2.24, 2.45) is 0 Å². The third-order valence-electron chi connectivity index (χ3n) is 5.68. The van der Waals surface area contributed by atoms with Gasteiger partial charge in [-0.3, -0.25) is 14.5 Å². The van der Waals surface area contributed by atoms with Crippen LogP contribution in [-0.2, 0) is 27.3 Å². The van der Waals surface area contributed by atoms with Gasteiger partial charge in [0.15, 0.2) is 0 Å². The molecule has 0 aliphatic carbocycles. The molecule has 1 fully saturated rings. The van der Waals surface area contributed by atoms with Crippen molar-refractivity contribution in [3.63, 3.8) is 0 Å². The summed E-state index contributed by atoms with van der Waals surface area (Å²) >= 11 is 0. The van der Waals surface area contributed by atoms with Crippen LogP contribution in [0.25, 0.3) is 11.1 Å². The van der Waals surface area contributed by atoms with E-state index in [9.17, 15) is 18.4 Å². The van der Waals surface area contributed by atoms with E-state index in [2.05, 4.69) is 15.5 Å². The van der Waals surface area contributed by atoms with E-state index in [1.807, 2.05) is 6.92 Å². The van der Waals surface area contributed by atoms with Gasteiger partial charge in [0.2, 0.25) is 5.91 Å². The number of nitrogens with zero attached hydrogens (tertiary/aromatic N) is 1. The molecule has 1 saturated heterocycles. The third kappa shape index (κ3) is 7.33. The Morgan fingerprint density at radius 2 is 1.88 bits per heavy atom. The van der Waals surface area contributed by atoms with E-state index in [-0.39, 0.29) is 30.3 Å². The first-order chi connectivity index (χ1) is 15.9. The van der Waals surface area contributed by atoms with Gasteiger partial charge < -0.3 is 15.4 Å². The number of esters is 1. The van der Waals surface area contributed by atoms with Crippen LogP contribution in [-0.4, -0.2) is 55.6 Å². The highest BCUT2D eigenvalue weighted by Crippen LogP contribution is 2.26. The molecule has 0 radical (unpaired) electrons. The van der Waals surface area contributed by atoms with Crippen LogP contribution in [0.1, 0.15) is 31.4 Å². The Balaban J connectivity index is 1.63. The summed E-state index contributed by atoms with van der Waals surface area (Å²) in [7, 11) is 0. The molecule has 1 aliphatic heterocycles. The highest BCUT2D eigenvalue weighted by atomic mass is 19.1. The maximum atomic E-state index is 14.8. The average Bonchev–Trinajstić information content (AvgIpc) is 2.78. The lowest BCUT2D eigenvalue weighted by Gasteiger charge is -2.27. The molecule has 0 aromatic heterocycles. The molecule has 1 aliphatic rings. The van der Waals surface area contributed by atoms with Crippen molar-refractivity contribution in [1.29, 1.82) is 0 Å². The highest BCUT2D eigenvalue weighted by molar-refractivity contribution is 5.74. The number of nitrogens with one attached hydrogen (secondary N) is 2. The topological polar surface area (TPSA) is 70.7 Å². The molecule has 2 aromatic carbocycles. The molecular formula is C25H31F2N3O3. The van der Waals surface area contributed by atoms with Gasteiger partial charge in [-0.15, -0.1) is 0 Å². The quantitative estimate of drug-likeness (QED) is 0.564. The van der Waals surface area contributed by atoms with Gasteiger partial charge in [0.25, 0.3) is 0 Å². The molecule has 0 saturated carbocycles. The summed E-state index contributed by atoms with van der Waals surface area (Å²) in [4.78, 5) is 25.4. The maximum absolute atomic E-state index is 14.8. The minimum atomic E-state index is -0.528. The normalized spacial score (nSPS) is 15.2. The second kappa shape index (κ2) is 11.9. The Morgan fingerprint density at radius 1 is 1.12 bits per heavy atom. The van der Waals surface area contributed by atoms with E-state index in [4.69, 9.17) is 4.74 Å². The predicted molar refractivity (Wildman–Crippen MR) is 122 cm³/mol. The van der Waals surface area contributed by atoms with Crippen LogP contribution >= 0.6 is 0 Å². The van der Waals surface area contributed by atoms with Crippen LogP contribution in [0.4, 0.5) is 8.78 Å². The Kier molecular flexibility index (Phi) is 8.91. The fourth-order valence-corrected chi connectivity index (χ4v) is 3.78. The van der Waals surface area contributed by atoms with Gasteiger partial charge in [-0.1, -0.05) is 31.2 Å². The third-order valence-corrected chi connectivity index (χ3v) is 5.68. The summed E-state index contributed by atoms with van der Waals surface area (Å²) in [6.45, 7) is 7.52. The Bertz CT molecular complexity index is 977. The molecule has 0 bridgehead atoms. The second-order valence-electron chi connectivity index (χ2n) is 8.28. The van der Waals surface area contributed by atoms with Crippen LogP contribution in [0.5, 0.6) is 0 Å². The van der Waals surface area contributed by atoms with Crippen molar-refractivity contribution >= 4 is 11.9 Å². The molecule has 1 amide bonds. The van der Waals surface area contributed by atoms with E-state index in [0.29, 0.717) is 29.7 Å². The number of benzene rings is 2. The molecule has 0 spiro atoms. The summed E-state index contributed by atoms with van der Waals surface area (Å²) in [6, 6.07) is 9.26.